The topological polar surface area (TPSA) is 90.7 Å². The zero-order chi connectivity index (χ0) is 26.4. The molecule has 1 saturated heterocycles. The highest BCUT2D eigenvalue weighted by atomic mass is 32.2. The van der Waals surface area contributed by atoms with Gasteiger partial charge in [0.25, 0.3) is 0 Å². The van der Waals surface area contributed by atoms with Gasteiger partial charge in [-0.3, -0.25) is 10.1 Å². The minimum atomic E-state index is -0.385. The summed E-state index contributed by atoms with van der Waals surface area (Å²) in [6.45, 7) is 0.404. The van der Waals surface area contributed by atoms with Crippen LogP contribution in [-0.2, 0) is 11.2 Å². The number of nitrogens with one attached hydrogen (secondary N) is 2. The molecule has 2 heterocycles. The molecule has 4 N–H and O–H groups in total. The molecule has 196 valence electrons. The van der Waals surface area contributed by atoms with Gasteiger partial charge in [0, 0.05) is 35.4 Å². The van der Waals surface area contributed by atoms with Crippen molar-refractivity contribution in [1.82, 2.24) is 15.6 Å². The SMILES string of the molecule is CN1NC(N2CCC(=O)NC2=O)c2ccc(C3CC(Cc4ccc(Sc5ccc(N)c(F)c5)cc4)C3)cc21. The summed E-state index contributed by atoms with van der Waals surface area (Å²) in [5.41, 5.74) is 13.9. The molecule has 3 amide bonds. The molecule has 2 fully saturated rings. The summed E-state index contributed by atoms with van der Waals surface area (Å²) in [4.78, 5) is 27.5. The molecule has 3 aliphatic rings. The number of urea groups is 1. The second kappa shape index (κ2) is 9.96. The van der Waals surface area contributed by atoms with E-state index in [0.717, 1.165) is 40.3 Å². The number of halogens is 1. The predicted molar refractivity (Wildman–Crippen MR) is 146 cm³/mol. The number of nitrogens with two attached hydrogens (primary N) is 1. The quantitative estimate of drug-likeness (QED) is 0.379. The summed E-state index contributed by atoms with van der Waals surface area (Å²) in [5.74, 6) is 0.571. The zero-order valence-electron chi connectivity index (χ0n) is 21.1. The number of benzene rings is 3. The van der Waals surface area contributed by atoms with Gasteiger partial charge in [-0.15, -0.1) is 0 Å². The molecular weight excluding hydrogens is 501 g/mol. The molecule has 7 nitrogen and oxygen atoms in total. The Hall–Kier alpha value is -3.56. The van der Waals surface area contributed by atoms with E-state index in [9.17, 15) is 14.0 Å². The van der Waals surface area contributed by atoms with Crippen LogP contribution >= 0.6 is 11.8 Å². The normalized spacial score (nSPS) is 22.7. The molecule has 3 aromatic rings. The molecule has 1 unspecified atom stereocenters. The number of hydrogen-bond acceptors (Lipinski definition) is 6. The molecule has 1 aliphatic carbocycles. The summed E-state index contributed by atoms with van der Waals surface area (Å²) < 4.78 is 13.7. The number of rotatable bonds is 6. The van der Waals surface area contributed by atoms with Crippen LogP contribution in [0.2, 0.25) is 0 Å². The van der Waals surface area contributed by atoms with E-state index in [2.05, 4.69) is 53.2 Å². The Morgan fingerprint density at radius 2 is 1.79 bits per heavy atom. The van der Waals surface area contributed by atoms with Crippen LogP contribution in [0.4, 0.5) is 20.6 Å². The maximum absolute atomic E-state index is 13.7. The highest BCUT2D eigenvalue weighted by Crippen LogP contribution is 2.46. The summed E-state index contributed by atoms with van der Waals surface area (Å²) in [5, 5.41) is 4.39. The smallest absolute Gasteiger partial charge is 0.325 e. The second-order valence-corrected chi connectivity index (χ2v) is 11.5. The first kappa shape index (κ1) is 24.8. The molecule has 0 bridgehead atoms. The molecule has 6 rings (SSSR count). The van der Waals surface area contributed by atoms with Crippen LogP contribution < -0.4 is 21.5 Å². The maximum Gasteiger partial charge on any atom is 0.325 e. The largest absolute Gasteiger partial charge is 0.396 e. The van der Waals surface area contributed by atoms with Crippen LogP contribution in [0, 0.1) is 11.7 Å². The molecule has 0 radical (unpaired) electrons. The van der Waals surface area contributed by atoms with Gasteiger partial charge in [-0.2, -0.15) is 0 Å². The van der Waals surface area contributed by atoms with E-state index >= 15 is 0 Å². The molecule has 0 aromatic heterocycles. The number of hydrazine groups is 1. The molecule has 2 aliphatic heterocycles. The van der Waals surface area contributed by atoms with E-state index in [0.29, 0.717) is 24.8 Å². The van der Waals surface area contributed by atoms with Gasteiger partial charge in [0.2, 0.25) is 5.91 Å². The highest BCUT2D eigenvalue weighted by Gasteiger charge is 2.37. The fraction of sp³-hybridized carbons (Fsp3) is 0.310. The number of nitrogen functional groups attached to an aromatic ring is 1. The van der Waals surface area contributed by atoms with Gasteiger partial charge < -0.3 is 15.6 Å². The van der Waals surface area contributed by atoms with Gasteiger partial charge in [-0.25, -0.2) is 14.6 Å². The molecule has 1 atom stereocenters. The fourth-order valence-electron chi connectivity index (χ4n) is 5.63. The number of imide groups is 1. The zero-order valence-corrected chi connectivity index (χ0v) is 21.9. The fourth-order valence-corrected chi connectivity index (χ4v) is 6.47. The summed E-state index contributed by atoms with van der Waals surface area (Å²) in [6, 6.07) is 19.6. The minimum absolute atomic E-state index is 0.168. The average Bonchev–Trinajstić information content (AvgIpc) is 3.20. The van der Waals surface area contributed by atoms with Gasteiger partial charge in [0.1, 0.15) is 12.0 Å². The van der Waals surface area contributed by atoms with Crippen LogP contribution in [0.3, 0.4) is 0 Å². The van der Waals surface area contributed by atoms with Crippen molar-refractivity contribution < 1.29 is 14.0 Å². The van der Waals surface area contributed by atoms with Crippen molar-refractivity contribution >= 4 is 35.1 Å². The van der Waals surface area contributed by atoms with Gasteiger partial charge in [0.15, 0.2) is 0 Å². The Kier molecular flexibility index (Phi) is 6.49. The third-order valence-corrected chi connectivity index (χ3v) is 8.78. The number of carbonyl (C=O) groups is 2. The number of hydrogen-bond donors (Lipinski definition) is 3. The van der Waals surface area contributed by atoms with Crippen LogP contribution in [0.25, 0.3) is 0 Å². The van der Waals surface area contributed by atoms with Gasteiger partial charge >= 0.3 is 6.03 Å². The van der Waals surface area contributed by atoms with E-state index < -0.39 is 0 Å². The van der Waals surface area contributed by atoms with Crippen molar-refractivity contribution in [3.63, 3.8) is 0 Å². The molecule has 3 aromatic carbocycles. The van der Waals surface area contributed by atoms with E-state index in [1.807, 2.05) is 18.1 Å². The molecule has 0 spiro atoms. The third kappa shape index (κ3) is 4.83. The van der Waals surface area contributed by atoms with E-state index in [1.165, 1.54) is 29.0 Å². The highest BCUT2D eigenvalue weighted by molar-refractivity contribution is 7.99. The summed E-state index contributed by atoms with van der Waals surface area (Å²) in [7, 11) is 1.96. The van der Waals surface area contributed by atoms with Crippen molar-refractivity contribution in [2.45, 2.75) is 47.6 Å². The minimum Gasteiger partial charge on any atom is -0.396 e. The lowest BCUT2D eigenvalue weighted by Crippen LogP contribution is -2.53. The molecule has 9 heteroatoms. The van der Waals surface area contributed by atoms with Crippen molar-refractivity contribution in [3.8, 4) is 0 Å². The Labute approximate surface area is 225 Å². The van der Waals surface area contributed by atoms with Crippen LogP contribution in [0.1, 0.15) is 48.0 Å². The van der Waals surface area contributed by atoms with Crippen LogP contribution in [0.15, 0.2) is 70.5 Å². The number of nitrogens with zero attached hydrogens (tertiary/aromatic N) is 2. The number of amides is 3. The number of carbonyl (C=O) groups excluding carboxylic acids is 2. The molecule has 1 saturated carbocycles. The van der Waals surface area contributed by atoms with Crippen molar-refractivity contribution in [1.29, 1.82) is 0 Å². The first-order valence-corrected chi connectivity index (χ1v) is 13.7. The Balaban J connectivity index is 1.05. The lowest BCUT2D eigenvalue weighted by molar-refractivity contribution is -0.121. The van der Waals surface area contributed by atoms with Crippen molar-refractivity contribution in [2.75, 3.05) is 24.3 Å². The predicted octanol–water partition coefficient (Wildman–Crippen LogP) is 5.19. The summed E-state index contributed by atoms with van der Waals surface area (Å²) in [6.07, 6.45) is 3.39. The number of fused-ring (bicyclic) bond motifs is 1. The lowest BCUT2D eigenvalue weighted by Gasteiger charge is -2.36. The van der Waals surface area contributed by atoms with Crippen molar-refractivity contribution in [2.24, 2.45) is 5.92 Å². The summed E-state index contributed by atoms with van der Waals surface area (Å²) >= 11 is 1.53. The first-order chi connectivity index (χ1) is 18.3. The van der Waals surface area contributed by atoms with Crippen molar-refractivity contribution in [3.05, 3.63) is 83.2 Å². The van der Waals surface area contributed by atoms with Crippen LogP contribution in [-0.4, -0.2) is 30.4 Å². The van der Waals surface area contributed by atoms with Crippen LogP contribution in [0.5, 0.6) is 0 Å². The molecular formula is C29H30FN5O2S. The average molecular weight is 532 g/mol. The first-order valence-electron chi connectivity index (χ1n) is 12.9. The monoisotopic (exact) mass is 531 g/mol. The standard InChI is InChI=1S/C29H30FN5O2S/c1-34-26-15-19(4-8-23(26)28(33-34)35-11-10-27(36)32-29(35)37)20-13-18(14-20)12-17-2-5-21(6-3-17)38-22-7-9-25(31)24(30)16-22/h2-9,15-16,18,20,28,33H,10-14,31H2,1H3,(H,32,36,37). The van der Waals surface area contributed by atoms with E-state index in [4.69, 9.17) is 5.73 Å². The lowest BCUT2D eigenvalue weighted by atomic mass is 9.69. The Morgan fingerprint density at radius 1 is 1.03 bits per heavy atom. The Morgan fingerprint density at radius 3 is 2.53 bits per heavy atom. The number of anilines is 2. The second-order valence-electron chi connectivity index (χ2n) is 10.4. The van der Waals surface area contributed by atoms with E-state index in [-0.39, 0.29) is 29.6 Å². The van der Waals surface area contributed by atoms with Gasteiger partial charge in [0.05, 0.1) is 11.4 Å². The van der Waals surface area contributed by atoms with Gasteiger partial charge in [-0.05, 0) is 78.6 Å². The molecule has 38 heavy (non-hydrogen) atoms. The van der Waals surface area contributed by atoms with Gasteiger partial charge in [-0.1, -0.05) is 36.0 Å². The van der Waals surface area contributed by atoms with E-state index in [1.54, 1.807) is 11.0 Å². The third-order valence-electron chi connectivity index (χ3n) is 7.79. The maximum atomic E-state index is 13.7. The Bertz CT molecular complexity index is 1390.